The van der Waals surface area contributed by atoms with E-state index in [0.29, 0.717) is 17.5 Å². The van der Waals surface area contributed by atoms with E-state index in [1.807, 2.05) is 60.7 Å². The van der Waals surface area contributed by atoms with Gasteiger partial charge >= 0.3 is 0 Å². The van der Waals surface area contributed by atoms with E-state index in [4.69, 9.17) is 23.8 Å². The summed E-state index contributed by atoms with van der Waals surface area (Å²) >= 11 is 0. The van der Waals surface area contributed by atoms with Crippen molar-refractivity contribution in [3.05, 3.63) is 224 Å². The van der Waals surface area contributed by atoms with Crippen molar-refractivity contribution in [2.24, 2.45) is 0 Å². The predicted molar refractivity (Wildman–Crippen MR) is 281 cm³/mol. The lowest BCUT2D eigenvalue weighted by Crippen LogP contribution is -2.02. The highest BCUT2D eigenvalue weighted by molar-refractivity contribution is 6.10. The number of aromatic nitrogens is 4. The van der Waals surface area contributed by atoms with Crippen LogP contribution in [0.2, 0.25) is 0 Å². The maximum Gasteiger partial charge on any atom is 0.164 e. The van der Waals surface area contributed by atoms with E-state index in [-0.39, 0.29) is 0 Å². The average Bonchev–Trinajstić information content (AvgIpc) is 4.09. The number of fused-ring (bicyclic) bond motifs is 9. The van der Waals surface area contributed by atoms with Crippen molar-refractivity contribution in [2.45, 2.75) is 12.8 Å². The van der Waals surface area contributed by atoms with Gasteiger partial charge in [-0.2, -0.15) is 0 Å². The largest absolute Gasteiger partial charge is 0.456 e. The second-order valence-electron chi connectivity index (χ2n) is 17.9. The molecule has 1 aliphatic carbocycles. The molecule has 0 radical (unpaired) electrons. The van der Waals surface area contributed by atoms with Gasteiger partial charge in [-0.15, -0.1) is 0 Å². The molecular weight excluding hydrogens is 845 g/mol. The molecule has 4 heterocycles. The second kappa shape index (κ2) is 15.8. The minimum atomic E-state index is 0.618. The van der Waals surface area contributed by atoms with Crippen LogP contribution in [0.3, 0.4) is 0 Å². The van der Waals surface area contributed by atoms with Gasteiger partial charge in [0.25, 0.3) is 0 Å². The topological polar surface area (TPSA) is 69.9 Å². The average molecular weight is 885 g/mol. The van der Waals surface area contributed by atoms with Crippen molar-refractivity contribution >= 4 is 60.9 Å². The Morgan fingerprint density at radius 1 is 0.348 bits per heavy atom. The summed E-state index contributed by atoms with van der Waals surface area (Å²) in [5, 5.41) is 5.61. The van der Waals surface area contributed by atoms with Crippen LogP contribution in [0.1, 0.15) is 17.7 Å². The molecule has 1 aliphatic rings. The van der Waals surface area contributed by atoms with E-state index < -0.39 is 0 Å². The summed E-state index contributed by atoms with van der Waals surface area (Å²) in [7, 11) is 0. The lowest BCUT2D eigenvalue weighted by molar-refractivity contribution is 0.668. The van der Waals surface area contributed by atoms with Crippen molar-refractivity contribution in [3.8, 4) is 73.2 Å². The number of nitrogens with zero attached hydrogens (tertiary/aromatic N) is 4. The van der Waals surface area contributed by atoms with Crippen molar-refractivity contribution in [3.63, 3.8) is 0 Å². The number of allylic oxidation sites excluding steroid dienone is 1. The highest BCUT2D eigenvalue weighted by Gasteiger charge is 2.21. The van der Waals surface area contributed by atoms with E-state index in [1.54, 1.807) is 0 Å². The maximum atomic E-state index is 6.56. The third-order valence-corrected chi connectivity index (χ3v) is 13.7. The Morgan fingerprint density at radius 2 is 0.841 bits per heavy atom. The first-order valence-electron chi connectivity index (χ1n) is 23.5. The van der Waals surface area contributed by atoms with Crippen LogP contribution in [0.15, 0.2) is 221 Å². The van der Waals surface area contributed by atoms with Crippen LogP contribution in [-0.4, -0.2) is 19.5 Å². The van der Waals surface area contributed by atoms with E-state index in [1.165, 1.54) is 33.3 Å². The normalized spacial score (nSPS) is 12.5. The number of hydrogen-bond donors (Lipinski definition) is 0. The first kappa shape index (κ1) is 39.1. The van der Waals surface area contributed by atoms with Crippen LogP contribution in [0, 0.1) is 0 Å². The summed E-state index contributed by atoms with van der Waals surface area (Å²) in [6, 6.07) is 72.2. The fourth-order valence-electron chi connectivity index (χ4n) is 10.3. The summed E-state index contributed by atoms with van der Waals surface area (Å²) in [6.45, 7) is 0. The molecule has 0 fully saturated rings. The lowest BCUT2D eigenvalue weighted by atomic mass is 9.99. The lowest BCUT2D eigenvalue weighted by Gasteiger charge is -2.13. The molecule has 0 aliphatic heterocycles. The summed E-state index contributed by atoms with van der Waals surface area (Å²) < 4.78 is 15.5. The Kier molecular flexibility index (Phi) is 8.92. The molecule has 0 saturated heterocycles. The quantitative estimate of drug-likeness (QED) is 0.159. The Labute approximate surface area is 397 Å². The van der Waals surface area contributed by atoms with Gasteiger partial charge in [-0.05, 0) is 119 Å². The van der Waals surface area contributed by atoms with E-state index in [2.05, 4.69) is 162 Å². The number of hydrogen-bond acceptors (Lipinski definition) is 5. The van der Waals surface area contributed by atoms with Crippen molar-refractivity contribution in [2.75, 3.05) is 0 Å². The van der Waals surface area contributed by atoms with Crippen molar-refractivity contribution in [1.29, 1.82) is 0 Å². The van der Waals surface area contributed by atoms with Crippen molar-refractivity contribution < 1.29 is 8.83 Å². The summed E-state index contributed by atoms with van der Waals surface area (Å²) in [6.07, 6.45) is 6.63. The Balaban J connectivity index is 0.810. The molecule has 6 nitrogen and oxygen atoms in total. The molecule has 9 aromatic carbocycles. The molecule has 0 saturated carbocycles. The summed E-state index contributed by atoms with van der Waals surface area (Å²) in [5.74, 6) is 1.89. The fraction of sp³-hybridized carbons (Fsp3) is 0.0317. The number of benzene rings is 9. The zero-order valence-electron chi connectivity index (χ0n) is 37.3. The SMILES string of the molecule is C1=Cc2c(n(-c3ccc4oc5ccc(-c6ccc7oc8cc(-c9cccc(-c%10nc(-c%11ccccc%11)nc(-c%11ccccc%11)n%10)c9)ccc8c7c6)cc5c4c3)c3ccc(-c4ccccc4)cc23)CC1. The monoisotopic (exact) mass is 884 g/mol. The minimum Gasteiger partial charge on any atom is -0.456 e. The molecule has 0 bridgehead atoms. The molecule has 4 aromatic heterocycles. The van der Waals surface area contributed by atoms with Gasteiger partial charge in [0.1, 0.15) is 22.3 Å². The number of rotatable bonds is 7. The molecule has 69 heavy (non-hydrogen) atoms. The molecule has 6 heteroatoms. The second-order valence-corrected chi connectivity index (χ2v) is 17.9. The van der Waals surface area contributed by atoms with Gasteiger partial charge in [0.2, 0.25) is 0 Å². The molecule has 0 spiro atoms. The standard InChI is InChI=1S/C63H40N4O2/c1-4-13-39(14-5-1)43-24-29-56-51(34-43)49-21-10-11-22-55(49)67(56)48-27-32-59-54(38-48)53-36-45(26-31-58(53)68-59)44-25-30-57-52(35-44)50-28-23-46(37-60(50)69-57)42-19-12-20-47(33-42)63-65-61(40-15-6-2-7-16-40)64-62(66-63)41-17-8-3-9-18-41/h1-10,12-21,23-38H,11,22H2. The first-order valence-corrected chi connectivity index (χ1v) is 23.5. The van der Waals surface area contributed by atoms with Gasteiger partial charge < -0.3 is 13.4 Å². The van der Waals surface area contributed by atoms with Crippen molar-refractivity contribution in [1.82, 2.24) is 19.5 Å². The zero-order valence-corrected chi connectivity index (χ0v) is 37.3. The first-order chi connectivity index (χ1) is 34.1. The third kappa shape index (κ3) is 6.68. The van der Waals surface area contributed by atoms with Crippen LogP contribution < -0.4 is 0 Å². The molecular formula is C63H40N4O2. The van der Waals surface area contributed by atoms with Crippen LogP contribution in [0.25, 0.3) is 134 Å². The molecule has 0 atom stereocenters. The van der Waals surface area contributed by atoms with Crippen LogP contribution in [-0.2, 0) is 6.42 Å². The molecule has 0 amide bonds. The van der Waals surface area contributed by atoms with E-state index in [0.717, 1.165) is 101 Å². The number of furan rings is 2. The Hall–Kier alpha value is -9.13. The van der Waals surface area contributed by atoms with Crippen LogP contribution in [0.5, 0.6) is 0 Å². The zero-order chi connectivity index (χ0) is 45.4. The van der Waals surface area contributed by atoms with Gasteiger partial charge in [0.05, 0.1) is 5.52 Å². The predicted octanol–water partition coefficient (Wildman–Crippen LogP) is 16.6. The highest BCUT2D eigenvalue weighted by Crippen LogP contribution is 2.41. The molecule has 0 N–H and O–H groups in total. The van der Waals surface area contributed by atoms with Gasteiger partial charge in [-0.1, -0.05) is 146 Å². The van der Waals surface area contributed by atoms with Gasteiger partial charge in [-0.3, -0.25) is 0 Å². The Bertz CT molecular complexity index is 4120. The fourth-order valence-corrected chi connectivity index (χ4v) is 10.3. The molecule has 0 unspecified atom stereocenters. The molecule has 14 rings (SSSR count). The summed E-state index contributed by atoms with van der Waals surface area (Å²) in [5.41, 5.74) is 18.0. The third-order valence-electron chi connectivity index (χ3n) is 13.7. The van der Waals surface area contributed by atoms with Crippen LogP contribution in [0.4, 0.5) is 0 Å². The van der Waals surface area contributed by atoms with Gasteiger partial charge in [-0.25, -0.2) is 15.0 Å². The summed E-state index contributed by atoms with van der Waals surface area (Å²) in [4.78, 5) is 14.8. The Morgan fingerprint density at radius 3 is 1.54 bits per heavy atom. The van der Waals surface area contributed by atoms with Crippen LogP contribution >= 0.6 is 0 Å². The van der Waals surface area contributed by atoms with Gasteiger partial charge in [0.15, 0.2) is 17.5 Å². The molecule has 324 valence electrons. The van der Waals surface area contributed by atoms with E-state index in [9.17, 15) is 0 Å². The van der Waals surface area contributed by atoms with E-state index >= 15 is 0 Å². The van der Waals surface area contributed by atoms with Gasteiger partial charge in [0, 0.05) is 60.6 Å². The molecule has 13 aromatic rings. The minimum absolute atomic E-state index is 0.618. The highest BCUT2D eigenvalue weighted by atomic mass is 16.3. The maximum absolute atomic E-state index is 6.56. The smallest absolute Gasteiger partial charge is 0.164 e.